The highest BCUT2D eigenvalue weighted by Crippen LogP contribution is 2.24. The predicted molar refractivity (Wildman–Crippen MR) is 118 cm³/mol. The largest absolute Gasteiger partial charge is 0.490 e. The minimum atomic E-state index is 0. The van der Waals surface area contributed by atoms with Gasteiger partial charge in [-0.1, -0.05) is 26.0 Å². The molecule has 5 nitrogen and oxygen atoms in total. The van der Waals surface area contributed by atoms with Crippen molar-refractivity contribution in [3.63, 3.8) is 0 Å². The summed E-state index contributed by atoms with van der Waals surface area (Å²) in [6.07, 6.45) is 3.68. The lowest BCUT2D eigenvalue weighted by Crippen LogP contribution is -2.37. The normalized spacial score (nSPS) is 18.5. The highest BCUT2D eigenvalue weighted by atomic mass is 127. The van der Waals surface area contributed by atoms with E-state index in [2.05, 4.69) is 56.2 Å². The number of nitrogens with two attached hydrogens (primary N) is 1. The Labute approximate surface area is 175 Å². The molecule has 1 aromatic rings. The second kappa shape index (κ2) is 11.6. The molecule has 0 bridgehead atoms. The Kier molecular flexibility index (Phi) is 10.3. The first-order chi connectivity index (χ1) is 11.9. The fraction of sp³-hybridized carbons (Fsp3) is 0.650. The van der Waals surface area contributed by atoms with Crippen LogP contribution in [0.4, 0.5) is 0 Å². The van der Waals surface area contributed by atoms with Crippen LogP contribution in [-0.4, -0.2) is 31.3 Å². The van der Waals surface area contributed by atoms with Crippen LogP contribution < -0.4 is 15.8 Å². The minimum Gasteiger partial charge on any atom is -0.490 e. The lowest BCUT2D eigenvalue weighted by molar-refractivity contribution is 0.114. The molecule has 0 aromatic heterocycles. The number of aliphatic imine (C=N–C) groups is 1. The molecular formula is C20H34IN3O2. The number of benzene rings is 1. The van der Waals surface area contributed by atoms with Gasteiger partial charge in [-0.2, -0.15) is 0 Å². The Balaban J connectivity index is 0.00000338. The summed E-state index contributed by atoms with van der Waals surface area (Å²) in [5.74, 6) is 1.97. The van der Waals surface area contributed by atoms with E-state index in [9.17, 15) is 0 Å². The van der Waals surface area contributed by atoms with Gasteiger partial charge in [0.2, 0.25) is 0 Å². The Morgan fingerprint density at radius 1 is 1.38 bits per heavy atom. The number of halogens is 1. The summed E-state index contributed by atoms with van der Waals surface area (Å²) in [7, 11) is 0. The van der Waals surface area contributed by atoms with Crippen LogP contribution in [-0.2, 0) is 11.3 Å². The van der Waals surface area contributed by atoms with Crippen LogP contribution >= 0.6 is 24.0 Å². The van der Waals surface area contributed by atoms with E-state index in [-0.39, 0.29) is 36.2 Å². The standard InChI is InChI=1S/C20H33N3O2.HI/c1-14(2)10-16(4)25-19-11-15(3)7-8-17(19)12-22-20(21)23-13-18-6-5-9-24-18;/h7-8,11,14,16,18H,5-6,9-10,12-13H2,1-4H3,(H3,21,22,23);1H. The van der Waals surface area contributed by atoms with Gasteiger partial charge in [-0.15, -0.1) is 24.0 Å². The fourth-order valence-electron chi connectivity index (χ4n) is 3.08. The van der Waals surface area contributed by atoms with Crippen molar-refractivity contribution < 1.29 is 9.47 Å². The Bertz CT molecular complexity index is 572. The molecule has 1 fully saturated rings. The van der Waals surface area contributed by atoms with E-state index in [4.69, 9.17) is 15.2 Å². The third-order valence-electron chi connectivity index (χ3n) is 4.31. The van der Waals surface area contributed by atoms with Crippen molar-refractivity contribution in [2.24, 2.45) is 16.6 Å². The first-order valence-electron chi connectivity index (χ1n) is 9.35. The molecule has 26 heavy (non-hydrogen) atoms. The molecular weight excluding hydrogens is 441 g/mol. The third kappa shape index (κ3) is 8.12. The van der Waals surface area contributed by atoms with Gasteiger partial charge in [0.05, 0.1) is 18.8 Å². The molecule has 0 amide bonds. The summed E-state index contributed by atoms with van der Waals surface area (Å²) >= 11 is 0. The van der Waals surface area contributed by atoms with E-state index in [1.54, 1.807) is 0 Å². The van der Waals surface area contributed by atoms with Gasteiger partial charge in [-0.3, -0.25) is 0 Å². The molecule has 0 radical (unpaired) electrons. The average molecular weight is 475 g/mol. The van der Waals surface area contributed by atoms with E-state index in [0.29, 0.717) is 18.4 Å². The van der Waals surface area contributed by atoms with Gasteiger partial charge in [-0.05, 0) is 50.7 Å². The molecule has 0 spiro atoms. The average Bonchev–Trinajstić information content (AvgIpc) is 3.04. The Morgan fingerprint density at radius 3 is 2.81 bits per heavy atom. The van der Waals surface area contributed by atoms with Gasteiger partial charge in [0.1, 0.15) is 5.75 Å². The monoisotopic (exact) mass is 475 g/mol. The topological polar surface area (TPSA) is 68.9 Å². The van der Waals surface area contributed by atoms with Gasteiger partial charge < -0.3 is 20.5 Å². The number of ether oxygens (including phenoxy) is 2. The van der Waals surface area contributed by atoms with Crippen LogP contribution in [0.2, 0.25) is 0 Å². The molecule has 1 saturated heterocycles. The molecule has 1 aromatic carbocycles. The van der Waals surface area contributed by atoms with Crippen molar-refractivity contribution in [2.75, 3.05) is 13.2 Å². The lowest BCUT2D eigenvalue weighted by Gasteiger charge is -2.19. The molecule has 1 aliphatic heterocycles. The van der Waals surface area contributed by atoms with Crippen molar-refractivity contribution >= 4 is 29.9 Å². The van der Waals surface area contributed by atoms with Crippen molar-refractivity contribution in [3.05, 3.63) is 29.3 Å². The van der Waals surface area contributed by atoms with Crippen LogP contribution in [0.1, 0.15) is 51.2 Å². The fourth-order valence-corrected chi connectivity index (χ4v) is 3.08. The quantitative estimate of drug-likeness (QED) is 0.339. The van der Waals surface area contributed by atoms with Crippen molar-refractivity contribution in [1.82, 2.24) is 5.32 Å². The van der Waals surface area contributed by atoms with E-state index in [1.165, 1.54) is 5.56 Å². The molecule has 2 unspecified atom stereocenters. The SMILES string of the molecule is Cc1ccc(CN=C(N)NCC2CCCO2)c(OC(C)CC(C)C)c1.I. The number of hydrogen-bond acceptors (Lipinski definition) is 3. The van der Waals surface area contributed by atoms with Gasteiger partial charge in [0.25, 0.3) is 0 Å². The molecule has 1 heterocycles. The molecule has 0 saturated carbocycles. The zero-order chi connectivity index (χ0) is 18.2. The van der Waals surface area contributed by atoms with Gasteiger partial charge >= 0.3 is 0 Å². The molecule has 1 aliphatic rings. The second-order valence-corrected chi connectivity index (χ2v) is 7.39. The van der Waals surface area contributed by atoms with Crippen LogP contribution in [0.5, 0.6) is 5.75 Å². The van der Waals surface area contributed by atoms with Crippen molar-refractivity contribution in [2.45, 2.75) is 65.7 Å². The third-order valence-corrected chi connectivity index (χ3v) is 4.31. The highest BCUT2D eigenvalue weighted by Gasteiger charge is 2.15. The van der Waals surface area contributed by atoms with Crippen LogP contribution in [0.3, 0.4) is 0 Å². The molecule has 2 rings (SSSR count). The summed E-state index contributed by atoms with van der Waals surface area (Å²) in [5, 5.41) is 3.15. The maximum atomic E-state index is 6.16. The Hall–Kier alpha value is -1.02. The van der Waals surface area contributed by atoms with Gasteiger partial charge in [0, 0.05) is 18.7 Å². The molecule has 0 aliphatic carbocycles. The van der Waals surface area contributed by atoms with Gasteiger partial charge in [-0.25, -0.2) is 4.99 Å². The maximum Gasteiger partial charge on any atom is 0.189 e. The predicted octanol–water partition coefficient (Wildman–Crippen LogP) is 4.01. The molecule has 148 valence electrons. The first kappa shape index (κ1) is 23.0. The summed E-state index contributed by atoms with van der Waals surface area (Å²) in [5.41, 5.74) is 8.23. The number of guanidine groups is 1. The van der Waals surface area contributed by atoms with Crippen LogP contribution in [0.15, 0.2) is 23.2 Å². The summed E-state index contributed by atoms with van der Waals surface area (Å²) in [6, 6.07) is 6.24. The van der Waals surface area contributed by atoms with Crippen LogP contribution in [0, 0.1) is 12.8 Å². The maximum absolute atomic E-state index is 6.16. The molecule has 2 atom stereocenters. The summed E-state index contributed by atoms with van der Waals surface area (Å²) in [4.78, 5) is 4.46. The first-order valence-corrected chi connectivity index (χ1v) is 9.35. The second-order valence-electron chi connectivity index (χ2n) is 7.39. The lowest BCUT2D eigenvalue weighted by atomic mass is 10.1. The van der Waals surface area contributed by atoms with E-state index < -0.39 is 0 Å². The smallest absolute Gasteiger partial charge is 0.189 e. The minimum absolute atomic E-state index is 0. The van der Waals surface area contributed by atoms with E-state index in [1.807, 2.05) is 0 Å². The van der Waals surface area contributed by atoms with E-state index in [0.717, 1.165) is 43.7 Å². The number of nitrogens with zero attached hydrogens (tertiary/aromatic N) is 1. The Morgan fingerprint density at radius 2 is 2.15 bits per heavy atom. The number of aryl methyl sites for hydroxylation is 1. The zero-order valence-corrected chi connectivity index (χ0v) is 18.8. The number of rotatable bonds is 8. The van der Waals surface area contributed by atoms with Gasteiger partial charge in [0.15, 0.2) is 5.96 Å². The molecule has 3 N–H and O–H groups in total. The zero-order valence-electron chi connectivity index (χ0n) is 16.5. The number of hydrogen-bond donors (Lipinski definition) is 2. The van der Waals surface area contributed by atoms with Crippen molar-refractivity contribution in [3.8, 4) is 5.75 Å². The number of nitrogens with one attached hydrogen (secondary N) is 1. The highest BCUT2D eigenvalue weighted by molar-refractivity contribution is 14.0. The summed E-state index contributed by atoms with van der Waals surface area (Å²) in [6.45, 7) is 10.7. The van der Waals surface area contributed by atoms with E-state index >= 15 is 0 Å². The summed E-state index contributed by atoms with van der Waals surface area (Å²) < 4.78 is 11.7. The van der Waals surface area contributed by atoms with Crippen LogP contribution in [0.25, 0.3) is 0 Å². The van der Waals surface area contributed by atoms with Crippen molar-refractivity contribution in [1.29, 1.82) is 0 Å². The molecule has 6 heteroatoms.